The summed E-state index contributed by atoms with van der Waals surface area (Å²) in [6.45, 7) is -0.654. The molecular weight excluding hydrogens is 397 g/mol. The molecule has 0 radical (unpaired) electrons. The molecule has 0 aliphatic carbocycles. The van der Waals surface area contributed by atoms with E-state index in [4.69, 9.17) is 11.5 Å². The number of thiazole rings is 1. The zero-order valence-electron chi connectivity index (χ0n) is 12.7. The Morgan fingerprint density at radius 2 is 2.16 bits per heavy atom. The molecule has 0 bridgehead atoms. The molecule has 2 aromatic heterocycles. The molecular formula is C11H15F3N8S3. The van der Waals surface area contributed by atoms with Gasteiger partial charge in [0.1, 0.15) is 6.54 Å². The van der Waals surface area contributed by atoms with Gasteiger partial charge in [-0.25, -0.2) is 9.98 Å². The van der Waals surface area contributed by atoms with E-state index in [1.165, 1.54) is 11.3 Å². The normalized spacial score (nSPS) is 12.4. The fourth-order valence-electron chi connectivity index (χ4n) is 1.49. The van der Waals surface area contributed by atoms with Crippen LogP contribution in [-0.2, 0) is 5.75 Å². The number of thioether (sulfide) groups is 1. The van der Waals surface area contributed by atoms with Crippen molar-refractivity contribution in [3.8, 4) is 0 Å². The number of hydrogen-bond donors (Lipinski definition) is 4. The number of rotatable bonds is 8. The van der Waals surface area contributed by atoms with Gasteiger partial charge in [-0.1, -0.05) is 0 Å². The Bertz CT molecular complexity index is 699. The highest BCUT2D eigenvalue weighted by Gasteiger charge is 2.26. The molecule has 0 saturated heterocycles. The molecule has 0 aliphatic rings. The second-order valence-electron chi connectivity index (χ2n) is 4.56. The fourth-order valence-corrected chi connectivity index (χ4v) is 3.52. The van der Waals surface area contributed by atoms with Crippen LogP contribution < -0.4 is 22.1 Å². The molecule has 0 fully saturated rings. The predicted molar refractivity (Wildman–Crippen MR) is 97.3 cm³/mol. The molecule has 0 unspecified atom stereocenters. The van der Waals surface area contributed by atoms with Gasteiger partial charge in [-0.2, -0.15) is 33.7 Å². The number of nitrogen functional groups attached to an aromatic ring is 1. The summed E-state index contributed by atoms with van der Waals surface area (Å²) in [6.07, 6.45) is -4.38. The highest BCUT2D eigenvalue weighted by molar-refractivity contribution is 7.98. The second kappa shape index (κ2) is 9.05. The van der Waals surface area contributed by atoms with Gasteiger partial charge in [0.25, 0.3) is 0 Å². The van der Waals surface area contributed by atoms with Gasteiger partial charge in [0, 0.05) is 23.4 Å². The van der Waals surface area contributed by atoms with E-state index < -0.39 is 12.7 Å². The predicted octanol–water partition coefficient (Wildman–Crippen LogP) is 2.21. The van der Waals surface area contributed by atoms with Crippen molar-refractivity contribution in [2.45, 2.75) is 11.9 Å². The Balaban J connectivity index is 1.68. The lowest BCUT2D eigenvalue weighted by atomic mass is 10.6. The van der Waals surface area contributed by atoms with E-state index >= 15 is 0 Å². The number of guanidine groups is 1. The maximum absolute atomic E-state index is 12.0. The van der Waals surface area contributed by atoms with Crippen LogP contribution in [0.5, 0.6) is 0 Å². The summed E-state index contributed by atoms with van der Waals surface area (Å²) in [5.41, 5.74) is 11.8. The minimum atomic E-state index is -4.38. The molecule has 25 heavy (non-hydrogen) atoms. The van der Waals surface area contributed by atoms with E-state index in [0.29, 0.717) is 29.1 Å². The lowest BCUT2D eigenvalue weighted by Crippen LogP contribution is -2.25. The van der Waals surface area contributed by atoms with Crippen molar-refractivity contribution in [3.63, 3.8) is 0 Å². The smallest absolute Gasteiger partial charge is 0.380 e. The number of aromatic nitrogens is 3. The third-order valence-corrected chi connectivity index (χ3v) is 4.86. The molecule has 2 aromatic rings. The van der Waals surface area contributed by atoms with Gasteiger partial charge in [0.05, 0.1) is 17.4 Å². The summed E-state index contributed by atoms with van der Waals surface area (Å²) < 4.78 is 44.0. The van der Waals surface area contributed by atoms with Crippen LogP contribution in [0, 0.1) is 0 Å². The van der Waals surface area contributed by atoms with Crippen molar-refractivity contribution in [2.75, 3.05) is 35.2 Å². The largest absolute Gasteiger partial charge is 0.408 e. The minimum absolute atomic E-state index is 0.315. The van der Waals surface area contributed by atoms with E-state index in [0.717, 1.165) is 23.2 Å². The Morgan fingerprint density at radius 1 is 1.36 bits per heavy atom. The topological polar surface area (TPSA) is 127 Å². The fraction of sp³-hybridized carbons (Fsp3) is 0.455. The van der Waals surface area contributed by atoms with Gasteiger partial charge in [0.15, 0.2) is 22.7 Å². The third-order valence-electron chi connectivity index (χ3n) is 2.52. The first-order chi connectivity index (χ1) is 11.8. The number of anilines is 3. The molecule has 8 nitrogen and oxygen atoms in total. The van der Waals surface area contributed by atoms with Crippen LogP contribution in [0.3, 0.4) is 0 Å². The summed E-state index contributed by atoms with van der Waals surface area (Å²) in [7, 11) is 0. The maximum Gasteiger partial charge on any atom is 0.408 e. The van der Waals surface area contributed by atoms with Gasteiger partial charge in [-0.05, 0) is 0 Å². The van der Waals surface area contributed by atoms with Crippen LogP contribution in [0.2, 0.25) is 0 Å². The van der Waals surface area contributed by atoms with Crippen molar-refractivity contribution < 1.29 is 13.2 Å². The molecule has 14 heteroatoms. The van der Waals surface area contributed by atoms with Crippen molar-refractivity contribution >= 4 is 57.6 Å². The summed E-state index contributed by atoms with van der Waals surface area (Å²) in [4.78, 5) is 7.45. The zero-order valence-corrected chi connectivity index (χ0v) is 15.2. The zero-order chi connectivity index (χ0) is 18.3. The molecule has 0 amide bonds. The van der Waals surface area contributed by atoms with E-state index in [1.54, 1.807) is 11.8 Å². The number of nitrogens with one attached hydrogen (secondary N) is 2. The highest BCUT2D eigenvalue weighted by Crippen LogP contribution is 2.20. The van der Waals surface area contributed by atoms with Gasteiger partial charge in [0.2, 0.25) is 0 Å². The van der Waals surface area contributed by atoms with Crippen molar-refractivity contribution in [1.29, 1.82) is 0 Å². The SMILES string of the molecule is N/C(=N/CC(F)(F)F)Nc1nc(CSCCNc2nsnc2N)cs1. The second-order valence-corrected chi connectivity index (χ2v) is 7.05. The molecule has 0 saturated carbocycles. The van der Waals surface area contributed by atoms with Crippen LogP contribution in [0.4, 0.5) is 29.9 Å². The number of aliphatic imine (C=N–C) groups is 1. The Labute approximate surface area is 153 Å². The summed E-state index contributed by atoms with van der Waals surface area (Å²) in [5, 5.41) is 7.83. The van der Waals surface area contributed by atoms with Crippen molar-refractivity contribution in [2.24, 2.45) is 10.7 Å². The summed E-state index contributed by atoms with van der Waals surface area (Å²) in [6, 6.07) is 0. The monoisotopic (exact) mass is 412 g/mol. The molecule has 138 valence electrons. The van der Waals surface area contributed by atoms with E-state index in [2.05, 4.69) is 29.4 Å². The lowest BCUT2D eigenvalue weighted by molar-refractivity contribution is -0.118. The maximum atomic E-state index is 12.0. The third kappa shape index (κ3) is 7.31. The first kappa shape index (κ1) is 19.5. The van der Waals surface area contributed by atoms with Gasteiger partial charge < -0.3 is 22.1 Å². The quantitative estimate of drug-likeness (QED) is 0.295. The van der Waals surface area contributed by atoms with Crippen molar-refractivity contribution in [1.82, 2.24) is 13.7 Å². The van der Waals surface area contributed by atoms with Crippen LogP contribution in [0.25, 0.3) is 0 Å². The Kier molecular flexibility index (Phi) is 7.07. The summed E-state index contributed by atoms with van der Waals surface area (Å²) >= 11 is 3.93. The van der Waals surface area contributed by atoms with E-state index in [1.807, 2.05) is 5.38 Å². The first-order valence-electron chi connectivity index (χ1n) is 6.81. The highest BCUT2D eigenvalue weighted by atomic mass is 32.2. The number of nitrogens with two attached hydrogens (primary N) is 2. The molecule has 2 heterocycles. The van der Waals surface area contributed by atoms with Crippen LogP contribution >= 0.6 is 34.8 Å². The number of alkyl halides is 3. The standard InChI is InChI=1S/C11H15F3N8S3/c12-11(13,14)5-18-9(16)20-10-19-6(4-24-10)3-23-2-1-17-8-7(15)21-25-22-8/h4H,1-3,5H2,(H2,15,21)(H,17,22)(H3,16,18,19,20). The Morgan fingerprint density at radius 3 is 2.84 bits per heavy atom. The number of hydrogen-bond acceptors (Lipinski definition) is 9. The average molecular weight is 412 g/mol. The molecule has 0 atom stereocenters. The molecule has 6 N–H and O–H groups in total. The van der Waals surface area contributed by atoms with Crippen LogP contribution in [-0.4, -0.2) is 44.7 Å². The lowest BCUT2D eigenvalue weighted by Gasteiger charge is -2.04. The number of halogens is 3. The van der Waals surface area contributed by atoms with Crippen LogP contribution in [0.15, 0.2) is 10.4 Å². The summed E-state index contributed by atoms with van der Waals surface area (Å²) in [5.74, 6) is 2.11. The average Bonchev–Trinajstić information content (AvgIpc) is 3.14. The van der Waals surface area contributed by atoms with Crippen molar-refractivity contribution in [3.05, 3.63) is 11.1 Å². The molecule has 2 rings (SSSR count). The van der Waals surface area contributed by atoms with Gasteiger partial charge in [-0.15, -0.1) is 11.3 Å². The molecule has 0 spiro atoms. The Hall–Kier alpha value is -1.80. The first-order valence-corrected chi connectivity index (χ1v) is 9.57. The number of nitrogens with zero attached hydrogens (tertiary/aromatic N) is 4. The van der Waals surface area contributed by atoms with E-state index in [9.17, 15) is 13.2 Å². The molecule has 0 aromatic carbocycles. The van der Waals surface area contributed by atoms with Gasteiger partial charge >= 0.3 is 6.18 Å². The van der Waals surface area contributed by atoms with E-state index in [-0.39, 0.29) is 5.96 Å². The van der Waals surface area contributed by atoms with Crippen LogP contribution in [0.1, 0.15) is 5.69 Å². The molecule has 0 aliphatic heterocycles. The minimum Gasteiger partial charge on any atom is -0.380 e. The van der Waals surface area contributed by atoms with Gasteiger partial charge in [-0.3, -0.25) is 0 Å².